The van der Waals surface area contributed by atoms with Gasteiger partial charge in [0.15, 0.2) is 5.43 Å². The fourth-order valence-electron chi connectivity index (χ4n) is 2.78. The fraction of sp³-hybridized carbons (Fsp3) is 0.294. The number of rotatable bonds is 1. The van der Waals surface area contributed by atoms with Crippen LogP contribution in [0.1, 0.15) is 21.6 Å². The lowest BCUT2D eigenvalue weighted by Crippen LogP contribution is -2.36. The van der Waals surface area contributed by atoms with Gasteiger partial charge in [0.2, 0.25) is 0 Å². The zero-order chi connectivity index (χ0) is 15.7. The lowest BCUT2D eigenvalue weighted by atomic mass is 10.1. The summed E-state index contributed by atoms with van der Waals surface area (Å²) in [7, 11) is 2.02. The van der Waals surface area contributed by atoms with E-state index in [-0.39, 0.29) is 16.9 Å². The van der Waals surface area contributed by atoms with Gasteiger partial charge in [-0.25, -0.2) is 0 Å². The third-order valence-electron chi connectivity index (χ3n) is 4.04. The molecule has 1 N–H and O–H groups in total. The molecule has 0 saturated carbocycles. The molecule has 0 saturated heterocycles. The van der Waals surface area contributed by atoms with Gasteiger partial charge in [0.25, 0.3) is 5.91 Å². The Kier molecular flexibility index (Phi) is 3.71. The number of nitrogens with zero attached hydrogens (tertiary/aromatic N) is 2. The lowest BCUT2D eigenvalue weighted by molar-refractivity contribution is 0.0750. The maximum absolute atomic E-state index is 12.7. The molecule has 5 heteroatoms. The minimum atomic E-state index is -0.230. The Labute approximate surface area is 129 Å². The van der Waals surface area contributed by atoms with E-state index in [9.17, 15) is 9.59 Å². The number of para-hydroxylation sites is 1. The Balaban J connectivity index is 1.93. The van der Waals surface area contributed by atoms with Crippen molar-refractivity contribution in [2.45, 2.75) is 13.5 Å². The number of carbonyl (C=O) groups excluding carboxylic acids is 1. The summed E-state index contributed by atoms with van der Waals surface area (Å²) in [5, 5.41) is 0. The average molecular weight is 297 g/mol. The van der Waals surface area contributed by atoms with Crippen molar-refractivity contribution in [3.63, 3.8) is 0 Å². The minimum Gasteiger partial charge on any atom is -0.373 e. The number of carbonyl (C=O) groups is 1. The predicted octanol–water partition coefficient (Wildman–Crippen LogP) is 1.78. The lowest BCUT2D eigenvalue weighted by Gasteiger charge is -2.20. The number of anilines is 1. The maximum atomic E-state index is 12.7. The molecule has 0 atom stereocenters. The number of amides is 1. The molecule has 0 bridgehead atoms. The molecule has 0 radical (unpaired) electrons. The van der Waals surface area contributed by atoms with Gasteiger partial charge in [0.05, 0.1) is 0 Å². The molecule has 1 aliphatic rings. The highest BCUT2D eigenvalue weighted by Gasteiger charge is 2.23. The van der Waals surface area contributed by atoms with Gasteiger partial charge in [0, 0.05) is 50.3 Å². The molecule has 1 aromatic heterocycles. The Bertz CT molecular complexity index is 766. The van der Waals surface area contributed by atoms with Crippen LogP contribution in [0.15, 0.2) is 41.3 Å². The molecule has 114 valence electrons. The van der Waals surface area contributed by atoms with Crippen LogP contribution < -0.4 is 10.3 Å². The molecule has 22 heavy (non-hydrogen) atoms. The van der Waals surface area contributed by atoms with Crippen molar-refractivity contribution in [3.05, 3.63) is 63.6 Å². The molecule has 0 unspecified atom stereocenters. The van der Waals surface area contributed by atoms with Crippen LogP contribution in [0.4, 0.5) is 5.69 Å². The summed E-state index contributed by atoms with van der Waals surface area (Å²) in [6.07, 6.45) is 1.51. The SMILES string of the molecule is Cc1cc(=O)c(C(=O)N2CCN(C)c3ccccc3C2)c[nH]1. The summed E-state index contributed by atoms with van der Waals surface area (Å²) >= 11 is 0. The van der Waals surface area contributed by atoms with Crippen molar-refractivity contribution in [1.29, 1.82) is 0 Å². The second-order valence-electron chi connectivity index (χ2n) is 5.67. The van der Waals surface area contributed by atoms with Gasteiger partial charge in [-0.1, -0.05) is 18.2 Å². The van der Waals surface area contributed by atoms with Crippen molar-refractivity contribution < 1.29 is 4.79 Å². The Morgan fingerprint density at radius 3 is 2.77 bits per heavy atom. The van der Waals surface area contributed by atoms with Crippen LogP contribution in [0.2, 0.25) is 0 Å². The summed E-state index contributed by atoms with van der Waals surface area (Å²) in [6, 6.07) is 9.51. The number of benzene rings is 1. The molecule has 0 fully saturated rings. The minimum absolute atomic E-state index is 0.202. The number of H-pyrrole nitrogens is 1. The van der Waals surface area contributed by atoms with E-state index < -0.39 is 0 Å². The molecule has 1 amide bonds. The topological polar surface area (TPSA) is 56.4 Å². The number of aromatic amines is 1. The number of fused-ring (bicyclic) bond motifs is 1. The molecule has 5 nitrogen and oxygen atoms in total. The molecule has 1 aliphatic heterocycles. The highest BCUT2D eigenvalue weighted by Crippen LogP contribution is 2.24. The second-order valence-corrected chi connectivity index (χ2v) is 5.67. The van der Waals surface area contributed by atoms with E-state index in [2.05, 4.69) is 16.0 Å². The van der Waals surface area contributed by atoms with E-state index in [1.54, 1.807) is 11.8 Å². The first-order chi connectivity index (χ1) is 10.6. The Hall–Kier alpha value is -2.56. The number of hydrogen-bond acceptors (Lipinski definition) is 3. The van der Waals surface area contributed by atoms with Crippen molar-refractivity contribution in [2.75, 3.05) is 25.0 Å². The van der Waals surface area contributed by atoms with Crippen LogP contribution in [0.5, 0.6) is 0 Å². The Morgan fingerprint density at radius 2 is 2.00 bits per heavy atom. The van der Waals surface area contributed by atoms with Gasteiger partial charge in [-0.3, -0.25) is 9.59 Å². The van der Waals surface area contributed by atoms with E-state index >= 15 is 0 Å². The molecule has 0 aliphatic carbocycles. The van der Waals surface area contributed by atoms with Crippen LogP contribution in [0, 0.1) is 6.92 Å². The second kappa shape index (κ2) is 5.67. The largest absolute Gasteiger partial charge is 0.373 e. The van der Waals surface area contributed by atoms with Crippen molar-refractivity contribution in [3.8, 4) is 0 Å². The first-order valence-electron chi connectivity index (χ1n) is 7.34. The highest BCUT2D eigenvalue weighted by atomic mass is 16.2. The van der Waals surface area contributed by atoms with Gasteiger partial charge >= 0.3 is 0 Å². The van der Waals surface area contributed by atoms with Gasteiger partial charge < -0.3 is 14.8 Å². The number of pyridine rings is 1. The standard InChI is InChI=1S/C17H19N3O2/c1-12-9-16(21)14(10-18-12)17(22)20-8-7-19(2)15-6-4-3-5-13(15)11-20/h3-6,9-10H,7-8,11H2,1-2H3,(H,18,21). The van der Waals surface area contributed by atoms with E-state index in [4.69, 9.17) is 0 Å². The molecule has 2 aromatic rings. The molecule has 2 heterocycles. The van der Waals surface area contributed by atoms with Gasteiger partial charge in [0.1, 0.15) is 5.56 Å². The monoisotopic (exact) mass is 297 g/mol. The fourth-order valence-corrected chi connectivity index (χ4v) is 2.78. The molecule has 3 rings (SSSR count). The van der Waals surface area contributed by atoms with E-state index in [1.165, 1.54) is 12.3 Å². The van der Waals surface area contributed by atoms with E-state index in [0.717, 1.165) is 23.5 Å². The third kappa shape index (κ3) is 2.62. The number of likely N-dealkylation sites (N-methyl/N-ethyl adjacent to an activating group) is 1. The third-order valence-corrected chi connectivity index (χ3v) is 4.04. The van der Waals surface area contributed by atoms with Crippen molar-refractivity contribution in [1.82, 2.24) is 9.88 Å². The zero-order valence-corrected chi connectivity index (χ0v) is 12.8. The highest BCUT2D eigenvalue weighted by molar-refractivity contribution is 5.94. The normalized spacial score (nSPS) is 14.5. The average Bonchev–Trinajstić information content (AvgIpc) is 2.67. The summed E-state index contributed by atoms with van der Waals surface area (Å²) in [5.74, 6) is -0.216. The molecule has 1 aromatic carbocycles. The van der Waals surface area contributed by atoms with E-state index in [1.807, 2.05) is 25.2 Å². The molecule has 0 spiro atoms. The summed E-state index contributed by atoms with van der Waals surface area (Å²) < 4.78 is 0. The number of aryl methyl sites for hydroxylation is 1. The van der Waals surface area contributed by atoms with Crippen LogP contribution in [-0.2, 0) is 6.54 Å². The molecular formula is C17H19N3O2. The van der Waals surface area contributed by atoms with Crippen LogP contribution in [0.25, 0.3) is 0 Å². The van der Waals surface area contributed by atoms with Gasteiger partial charge in [-0.15, -0.1) is 0 Å². The number of nitrogens with one attached hydrogen (secondary N) is 1. The molecular weight excluding hydrogens is 278 g/mol. The van der Waals surface area contributed by atoms with Crippen LogP contribution in [0.3, 0.4) is 0 Å². The smallest absolute Gasteiger partial charge is 0.259 e. The first kappa shape index (κ1) is 14.4. The first-order valence-corrected chi connectivity index (χ1v) is 7.34. The van der Waals surface area contributed by atoms with Crippen LogP contribution >= 0.6 is 0 Å². The summed E-state index contributed by atoms with van der Waals surface area (Å²) in [6.45, 7) is 3.66. The number of aromatic nitrogens is 1. The van der Waals surface area contributed by atoms with Crippen molar-refractivity contribution >= 4 is 11.6 Å². The van der Waals surface area contributed by atoms with Gasteiger partial charge in [-0.2, -0.15) is 0 Å². The summed E-state index contributed by atoms with van der Waals surface area (Å²) in [5.41, 5.74) is 2.96. The van der Waals surface area contributed by atoms with E-state index in [0.29, 0.717) is 13.1 Å². The Morgan fingerprint density at radius 1 is 1.23 bits per heavy atom. The number of hydrogen-bond donors (Lipinski definition) is 1. The quantitative estimate of drug-likeness (QED) is 0.873. The summed E-state index contributed by atoms with van der Waals surface area (Å²) in [4.78, 5) is 31.6. The van der Waals surface area contributed by atoms with Crippen molar-refractivity contribution in [2.24, 2.45) is 0 Å². The zero-order valence-electron chi connectivity index (χ0n) is 12.8. The predicted molar refractivity (Wildman–Crippen MR) is 86.3 cm³/mol. The van der Waals surface area contributed by atoms with Crippen LogP contribution in [-0.4, -0.2) is 35.9 Å². The maximum Gasteiger partial charge on any atom is 0.259 e. The van der Waals surface area contributed by atoms with Gasteiger partial charge in [-0.05, 0) is 18.6 Å².